The first-order chi connectivity index (χ1) is 15.8. The first-order valence-electron chi connectivity index (χ1n) is 11.0. The van der Waals surface area contributed by atoms with Crippen LogP contribution in [0.25, 0.3) is 0 Å². The molecular weight excluding hydrogens is 442 g/mol. The lowest BCUT2D eigenvalue weighted by Crippen LogP contribution is -2.44. The van der Waals surface area contributed by atoms with E-state index in [1.165, 1.54) is 4.31 Å². The van der Waals surface area contributed by atoms with E-state index in [-0.39, 0.29) is 23.3 Å². The number of nitrogens with zero attached hydrogens (tertiary/aromatic N) is 2. The van der Waals surface area contributed by atoms with Crippen molar-refractivity contribution in [2.45, 2.75) is 36.6 Å². The van der Waals surface area contributed by atoms with Crippen molar-refractivity contribution in [2.75, 3.05) is 46.7 Å². The number of aryl methyl sites for hydroxylation is 1. The number of carbonyl (C=O) groups is 1. The van der Waals surface area contributed by atoms with Gasteiger partial charge in [0.2, 0.25) is 15.9 Å². The molecule has 0 saturated carbocycles. The lowest BCUT2D eigenvalue weighted by atomic mass is 10.1. The van der Waals surface area contributed by atoms with Gasteiger partial charge in [0.05, 0.1) is 19.1 Å². The minimum absolute atomic E-state index is 0.000758. The van der Waals surface area contributed by atoms with Crippen LogP contribution in [0.2, 0.25) is 0 Å². The highest BCUT2D eigenvalue weighted by atomic mass is 32.2. The highest BCUT2D eigenvalue weighted by Gasteiger charge is 2.30. The Bertz CT molecular complexity index is 1050. The summed E-state index contributed by atoms with van der Waals surface area (Å²) >= 11 is 0. The smallest absolute Gasteiger partial charge is 0.243 e. The van der Waals surface area contributed by atoms with Crippen molar-refractivity contribution >= 4 is 21.6 Å². The van der Waals surface area contributed by atoms with E-state index in [0.29, 0.717) is 23.6 Å². The fraction of sp³-hybridized carbons (Fsp3) is 0.458. The molecule has 0 unspecified atom stereocenters. The molecule has 1 saturated heterocycles. The third-order valence-electron chi connectivity index (χ3n) is 6.12. The van der Waals surface area contributed by atoms with E-state index in [9.17, 15) is 13.2 Å². The molecular formula is C24H33N3O5S. The van der Waals surface area contributed by atoms with Gasteiger partial charge in [-0.05, 0) is 75.3 Å². The largest absolute Gasteiger partial charge is 0.493 e. The number of anilines is 1. The van der Waals surface area contributed by atoms with Gasteiger partial charge in [-0.2, -0.15) is 4.31 Å². The van der Waals surface area contributed by atoms with Crippen LogP contribution in [0, 0.1) is 0 Å². The molecule has 1 aliphatic rings. The molecule has 0 atom stereocenters. The molecule has 33 heavy (non-hydrogen) atoms. The van der Waals surface area contributed by atoms with E-state index < -0.39 is 10.0 Å². The molecule has 0 bridgehead atoms. The third kappa shape index (κ3) is 6.04. The van der Waals surface area contributed by atoms with Crippen LogP contribution in [0.15, 0.2) is 47.4 Å². The van der Waals surface area contributed by atoms with Crippen LogP contribution in [0.4, 0.5) is 5.69 Å². The summed E-state index contributed by atoms with van der Waals surface area (Å²) in [5.74, 6) is 1.08. The fourth-order valence-corrected chi connectivity index (χ4v) is 5.47. The van der Waals surface area contributed by atoms with Gasteiger partial charge in [0.1, 0.15) is 0 Å². The number of para-hydroxylation sites is 1. The molecule has 0 spiro atoms. The predicted octanol–water partition coefficient (Wildman–Crippen LogP) is 2.99. The number of hydrogen-bond donors (Lipinski definition) is 1. The number of nitrogens with one attached hydrogen (secondary N) is 1. The average molecular weight is 476 g/mol. The topological polar surface area (TPSA) is 88.2 Å². The zero-order valence-electron chi connectivity index (χ0n) is 19.7. The average Bonchev–Trinajstić information content (AvgIpc) is 2.82. The Labute approximate surface area is 196 Å². The van der Waals surface area contributed by atoms with Crippen LogP contribution in [0.3, 0.4) is 0 Å². The van der Waals surface area contributed by atoms with Crippen molar-refractivity contribution in [2.24, 2.45) is 0 Å². The Morgan fingerprint density at radius 3 is 2.36 bits per heavy atom. The summed E-state index contributed by atoms with van der Waals surface area (Å²) < 4.78 is 38.2. The number of sulfonamides is 1. The van der Waals surface area contributed by atoms with Gasteiger partial charge >= 0.3 is 0 Å². The van der Waals surface area contributed by atoms with Crippen LogP contribution >= 0.6 is 0 Å². The Morgan fingerprint density at radius 2 is 1.76 bits per heavy atom. The van der Waals surface area contributed by atoms with E-state index >= 15 is 0 Å². The van der Waals surface area contributed by atoms with Gasteiger partial charge < -0.3 is 19.7 Å². The summed E-state index contributed by atoms with van der Waals surface area (Å²) in [6.45, 7) is 1.77. The maximum Gasteiger partial charge on any atom is 0.243 e. The van der Waals surface area contributed by atoms with E-state index in [0.717, 1.165) is 31.5 Å². The van der Waals surface area contributed by atoms with E-state index in [1.54, 1.807) is 45.5 Å². The fourth-order valence-electron chi connectivity index (χ4n) is 4.05. The van der Waals surface area contributed by atoms with Gasteiger partial charge in [-0.1, -0.05) is 12.1 Å². The summed E-state index contributed by atoms with van der Waals surface area (Å²) in [5, 5.41) is 2.83. The lowest BCUT2D eigenvalue weighted by molar-refractivity contribution is -0.116. The molecule has 1 amide bonds. The van der Waals surface area contributed by atoms with E-state index in [4.69, 9.17) is 9.47 Å². The zero-order valence-corrected chi connectivity index (χ0v) is 20.5. The maximum absolute atomic E-state index is 13.0. The van der Waals surface area contributed by atoms with Gasteiger partial charge in [-0.15, -0.1) is 0 Å². The van der Waals surface area contributed by atoms with E-state index in [1.807, 2.05) is 25.2 Å². The SMILES string of the molecule is COc1cccc(CCC(=O)Nc2ccc(S(=O)(=O)N(C)C3CCN(C)CC3)cc2)c1OC. The van der Waals surface area contributed by atoms with Crippen molar-refractivity contribution in [1.82, 2.24) is 9.21 Å². The second kappa shape index (κ2) is 11.0. The Morgan fingerprint density at radius 1 is 1.09 bits per heavy atom. The molecule has 9 heteroatoms. The molecule has 0 aromatic heterocycles. The van der Waals surface area contributed by atoms with Gasteiger partial charge in [-0.3, -0.25) is 4.79 Å². The van der Waals surface area contributed by atoms with Crippen LogP contribution in [-0.4, -0.2) is 71.0 Å². The van der Waals surface area contributed by atoms with Crippen molar-refractivity contribution in [3.05, 3.63) is 48.0 Å². The molecule has 0 aliphatic carbocycles. The van der Waals surface area contributed by atoms with Crippen molar-refractivity contribution in [3.8, 4) is 11.5 Å². The molecule has 1 fully saturated rings. The van der Waals surface area contributed by atoms with Crippen LogP contribution in [0.1, 0.15) is 24.8 Å². The van der Waals surface area contributed by atoms with Gasteiger partial charge in [-0.25, -0.2) is 8.42 Å². The van der Waals surface area contributed by atoms with Crippen molar-refractivity contribution in [1.29, 1.82) is 0 Å². The number of methoxy groups -OCH3 is 2. The van der Waals surface area contributed by atoms with Gasteiger partial charge in [0.25, 0.3) is 0 Å². The molecule has 3 rings (SSSR count). The van der Waals surface area contributed by atoms with Crippen LogP contribution in [0.5, 0.6) is 11.5 Å². The minimum Gasteiger partial charge on any atom is -0.493 e. The number of carbonyl (C=O) groups excluding carboxylic acids is 1. The summed E-state index contributed by atoms with van der Waals surface area (Å²) in [5.41, 5.74) is 1.43. The monoisotopic (exact) mass is 475 g/mol. The summed E-state index contributed by atoms with van der Waals surface area (Å²) in [4.78, 5) is 14.9. The maximum atomic E-state index is 13.0. The number of piperidine rings is 1. The van der Waals surface area contributed by atoms with Crippen molar-refractivity contribution < 1.29 is 22.7 Å². The first kappa shape index (κ1) is 25.0. The van der Waals surface area contributed by atoms with Crippen LogP contribution < -0.4 is 14.8 Å². The van der Waals surface area contributed by atoms with Gasteiger partial charge in [0.15, 0.2) is 11.5 Å². The Kier molecular flexibility index (Phi) is 8.34. The summed E-state index contributed by atoms with van der Waals surface area (Å²) in [6, 6.07) is 11.9. The second-order valence-electron chi connectivity index (χ2n) is 8.28. The minimum atomic E-state index is -3.59. The quantitative estimate of drug-likeness (QED) is 0.600. The molecule has 1 aliphatic heterocycles. The summed E-state index contributed by atoms with van der Waals surface area (Å²) in [6.07, 6.45) is 2.37. The molecule has 2 aromatic rings. The molecule has 1 heterocycles. The lowest BCUT2D eigenvalue weighted by Gasteiger charge is -2.34. The summed E-state index contributed by atoms with van der Waals surface area (Å²) in [7, 11) is 3.25. The molecule has 1 N–H and O–H groups in total. The number of hydrogen-bond acceptors (Lipinski definition) is 6. The van der Waals surface area contributed by atoms with Gasteiger partial charge in [0, 0.05) is 25.2 Å². The van der Waals surface area contributed by atoms with Crippen LogP contribution in [-0.2, 0) is 21.2 Å². The number of likely N-dealkylation sites (tertiary alicyclic amines) is 1. The highest BCUT2D eigenvalue weighted by molar-refractivity contribution is 7.89. The number of rotatable bonds is 9. The van der Waals surface area contributed by atoms with E-state index in [2.05, 4.69) is 10.2 Å². The Hall–Kier alpha value is -2.62. The number of amides is 1. The molecule has 180 valence electrons. The molecule has 0 radical (unpaired) electrons. The number of benzene rings is 2. The van der Waals surface area contributed by atoms with Crippen molar-refractivity contribution in [3.63, 3.8) is 0 Å². The Balaban J connectivity index is 1.59. The standard InChI is InChI=1S/C24H33N3O5S/c1-26-16-14-20(15-17-26)27(2)33(29,30)21-11-9-19(10-12-21)25-23(28)13-8-18-6-5-7-22(31-3)24(18)32-4/h5-7,9-12,20H,8,13-17H2,1-4H3,(H,25,28). The first-order valence-corrected chi connectivity index (χ1v) is 12.5. The second-order valence-corrected chi connectivity index (χ2v) is 10.3. The normalized spacial score (nSPS) is 15.4. The molecule has 8 nitrogen and oxygen atoms in total. The third-order valence-corrected chi connectivity index (χ3v) is 8.05. The zero-order chi connectivity index (χ0) is 24.0. The number of ether oxygens (including phenoxy) is 2. The molecule has 2 aromatic carbocycles. The predicted molar refractivity (Wildman–Crippen MR) is 128 cm³/mol. The highest BCUT2D eigenvalue weighted by Crippen LogP contribution is 2.31.